The molecule has 1 aliphatic carbocycles. The predicted octanol–water partition coefficient (Wildman–Crippen LogP) is 3.25. The molecule has 3 aromatic rings. The maximum atomic E-state index is 12.9. The van der Waals surface area contributed by atoms with Gasteiger partial charge in [0.2, 0.25) is 0 Å². The summed E-state index contributed by atoms with van der Waals surface area (Å²) in [5.41, 5.74) is 6.76. The van der Waals surface area contributed by atoms with Crippen molar-refractivity contribution in [1.82, 2.24) is 14.8 Å². The van der Waals surface area contributed by atoms with Crippen molar-refractivity contribution in [2.24, 2.45) is 5.92 Å². The number of hydrogen-bond donors (Lipinski definition) is 1. The van der Waals surface area contributed by atoms with Crippen molar-refractivity contribution in [2.75, 3.05) is 5.73 Å². The van der Waals surface area contributed by atoms with Gasteiger partial charge in [0, 0.05) is 10.7 Å². The second-order valence-corrected chi connectivity index (χ2v) is 7.23. The van der Waals surface area contributed by atoms with E-state index in [0.717, 1.165) is 15.4 Å². The Balaban J connectivity index is 1.68. The largest absolute Gasteiger partial charge is 0.459 e. The van der Waals surface area contributed by atoms with Crippen LogP contribution in [0.5, 0.6) is 0 Å². The van der Waals surface area contributed by atoms with E-state index in [1.807, 2.05) is 37.3 Å². The van der Waals surface area contributed by atoms with Crippen LogP contribution in [-0.2, 0) is 21.7 Å². The average Bonchev–Trinajstić information content (AvgIpc) is 3.17. The van der Waals surface area contributed by atoms with Crippen molar-refractivity contribution in [3.05, 3.63) is 52.6 Å². The maximum absolute atomic E-state index is 12.9. The van der Waals surface area contributed by atoms with Crippen molar-refractivity contribution in [3.8, 4) is 0 Å². The minimum Gasteiger partial charge on any atom is -0.459 e. The molecule has 0 spiro atoms. The zero-order valence-corrected chi connectivity index (χ0v) is 15.2. The van der Waals surface area contributed by atoms with Gasteiger partial charge in [-0.1, -0.05) is 37.3 Å². The van der Waals surface area contributed by atoms with Gasteiger partial charge < -0.3 is 10.5 Å². The van der Waals surface area contributed by atoms with E-state index < -0.39 is 5.54 Å². The quantitative estimate of drug-likeness (QED) is 0.679. The number of esters is 1. The first kappa shape index (κ1) is 16.1. The van der Waals surface area contributed by atoms with Gasteiger partial charge in [-0.3, -0.25) is 0 Å². The number of fused-ring (bicyclic) bond motifs is 1. The lowest BCUT2D eigenvalue weighted by Gasteiger charge is -2.17. The van der Waals surface area contributed by atoms with Crippen LogP contribution in [-0.4, -0.2) is 20.7 Å². The minimum atomic E-state index is -0.835. The molecule has 1 aliphatic rings. The summed E-state index contributed by atoms with van der Waals surface area (Å²) < 4.78 is 8.04. The number of nitrogens with zero attached hydrogens (tertiary/aromatic N) is 3. The Morgan fingerprint density at radius 2 is 2.12 bits per heavy atom. The molecule has 1 saturated carbocycles. The van der Waals surface area contributed by atoms with Crippen LogP contribution >= 0.6 is 15.9 Å². The highest BCUT2D eigenvalue weighted by Crippen LogP contribution is 2.52. The number of nitrogens with two attached hydrogens (primary N) is 1. The molecule has 25 heavy (non-hydrogen) atoms. The molecule has 1 aromatic carbocycles. The fourth-order valence-corrected chi connectivity index (χ4v) is 3.73. The molecular weight excluding hydrogens is 384 g/mol. The molecule has 0 amide bonds. The highest BCUT2D eigenvalue weighted by Gasteiger charge is 2.62. The molecule has 128 valence electrons. The molecule has 4 rings (SSSR count). The fraction of sp³-hybridized carbons (Fsp3) is 0.278. The van der Waals surface area contributed by atoms with Crippen LogP contribution in [0.1, 0.15) is 18.9 Å². The van der Waals surface area contributed by atoms with E-state index >= 15 is 0 Å². The molecule has 7 heteroatoms. The second-order valence-electron chi connectivity index (χ2n) is 6.38. The van der Waals surface area contributed by atoms with Gasteiger partial charge in [-0.25, -0.2) is 14.5 Å². The molecule has 0 saturated heterocycles. The molecule has 2 atom stereocenters. The zero-order chi connectivity index (χ0) is 17.6. The highest BCUT2D eigenvalue weighted by atomic mass is 79.9. The zero-order valence-electron chi connectivity index (χ0n) is 13.6. The van der Waals surface area contributed by atoms with Crippen molar-refractivity contribution >= 4 is 38.8 Å². The Hall–Kier alpha value is -2.41. The van der Waals surface area contributed by atoms with Gasteiger partial charge in [0.05, 0.1) is 5.39 Å². The first-order valence-corrected chi connectivity index (χ1v) is 8.83. The molecule has 2 heterocycles. The molecule has 0 unspecified atom stereocenters. The van der Waals surface area contributed by atoms with E-state index in [-0.39, 0.29) is 18.5 Å². The lowest BCUT2D eigenvalue weighted by molar-refractivity contribution is -0.151. The molecule has 0 bridgehead atoms. The van der Waals surface area contributed by atoms with Crippen LogP contribution in [0.15, 0.2) is 47.1 Å². The normalized spacial score (nSPS) is 22.1. The molecule has 2 N–H and O–H groups in total. The van der Waals surface area contributed by atoms with E-state index in [1.54, 1.807) is 16.9 Å². The van der Waals surface area contributed by atoms with Crippen LogP contribution in [0.2, 0.25) is 0 Å². The summed E-state index contributed by atoms with van der Waals surface area (Å²) in [5, 5.41) is 5.13. The second kappa shape index (κ2) is 5.84. The Morgan fingerprint density at radius 1 is 1.40 bits per heavy atom. The first-order chi connectivity index (χ1) is 12.0. The van der Waals surface area contributed by atoms with Crippen molar-refractivity contribution in [2.45, 2.75) is 25.5 Å². The van der Waals surface area contributed by atoms with Gasteiger partial charge in [0.1, 0.15) is 6.61 Å². The number of pyridine rings is 1. The topological polar surface area (TPSA) is 83.0 Å². The average molecular weight is 401 g/mol. The first-order valence-electron chi connectivity index (χ1n) is 8.04. The fourth-order valence-electron chi connectivity index (χ4n) is 3.23. The minimum absolute atomic E-state index is 0.110. The summed E-state index contributed by atoms with van der Waals surface area (Å²) in [4.78, 5) is 17.3. The summed E-state index contributed by atoms with van der Waals surface area (Å²) in [7, 11) is 0. The summed E-state index contributed by atoms with van der Waals surface area (Å²) in [6, 6.07) is 11.4. The molecule has 2 aromatic heterocycles. The van der Waals surface area contributed by atoms with E-state index in [0.29, 0.717) is 17.9 Å². The number of benzene rings is 1. The lowest BCUT2D eigenvalue weighted by Crippen LogP contribution is -2.33. The van der Waals surface area contributed by atoms with E-state index in [2.05, 4.69) is 26.0 Å². The van der Waals surface area contributed by atoms with Crippen LogP contribution in [0, 0.1) is 5.92 Å². The van der Waals surface area contributed by atoms with Gasteiger partial charge in [0.25, 0.3) is 0 Å². The van der Waals surface area contributed by atoms with Gasteiger partial charge in [0.15, 0.2) is 17.0 Å². The number of anilines is 1. The molecular formula is C18H17BrN4O2. The molecule has 0 aliphatic heterocycles. The predicted molar refractivity (Wildman–Crippen MR) is 97.6 cm³/mol. The maximum Gasteiger partial charge on any atom is 0.334 e. The molecule has 1 fully saturated rings. The Morgan fingerprint density at radius 3 is 2.80 bits per heavy atom. The van der Waals surface area contributed by atoms with E-state index in [1.165, 1.54) is 0 Å². The summed E-state index contributed by atoms with van der Waals surface area (Å²) in [6.45, 7) is 2.24. The van der Waals surface area contributed by atoms with E-state index in [9.17, 15) is 4.79 Å². The summed E-state index contributed by atoms with van der Waals surface area (Å²) in [6.07, 6.45) is 2.32. The van der Waals surface area contributed by atoms with Gasteiger partial charge >= 0.3 is 5.97 Å². The van der Waals surface area contributed by atoms with Crippen LogP contribution in [0.3, 0.4) is 0 Å². The SMILES string of the molecule is C[C@H]1C[C@]1(C(=O)OCc1ccccc1)n1nc(N)c2c(Br)ccnc21. The van der Waals surface area contributed by atoms with E-state index in [4.69, 9.17) is 10.5 Å². The number of nitrogen functional groups attached to an aromatic ring is 1. The monoisotopic (exact) mass is 400 g/mol. The third-order valence-electron chi connectivity index (χ3n) is 4.76. The number of rotatable bonds is 4. The standard InChI is InChI=1S/C18H17BrN4O2/c1-11-9-18(11,17(24)25-10-12-5-3-2-4-6-12)23-16-14(15(20)22-23)13(19)7-8-21-16/h2-8,11H,9-10H2,1H3,(H2,20,22)/t11-,18-/m0/s1. The summed E-state index contributed by atoms with van der Waals surface area (Å²) >= 11 is 3.47. The van der Waals surface area contributed by atoms with Crippen LogP contribution in [0.4, 0.5) is 5.82 Å². The number of carbonyl (C=O) groups is 1. The number of aromatic nitrogens is 3. The van der Waals surface area contributed by atoms with Gasteiger partial charge in [-0.15, -0.1) is 0 Å². The molecule has 0 radical (unpaired) electrons. The van der Waals surface area contributed by atoms with Gasteiger partial charge in [-0.05, 0) is 39.9 Å². The smallest absolute Gasteiger partial charge is 0.334 e. The highest BCUT2D eigenvalue weighted by molar-refractivity contribution is 9.10. The van der Waals surface area contributed by atoms with Crippen molar-refractivity contribution in [3.63, 3.8) is 0 Å². The Labute approximate surface area is 153 Å². The number of ether oxygens (including phenoxy) is 1. The van der Waals surface area contributed by atoms with Crippen molar-refractivity contribution < 1.29 is 9.53 Å². The Kier molecular flexibility index (Phi) is 3.76. The number of hydrogen-bond acceptors (Lipinski definition) is 5. The Bertz CT molecular complexity index is 956. The summed E-state index contributed by atoms with van der Waals surface area (Å²) in [5.74, 6) is 0.165. The number of carbonyl (C=O) groups excluding carboxylic acids is 1. The van der Waals surface area contributed by atoms with Crippen LogP contribution < -0.4 is 5.73 Å². The van der Waals surface area contributed by atoms with Crippen LogP contribution in [0.25, 0.3) is 11.0 Å². The number of halogens is 1. The lowest BCUT2D eigenvalue weighted by atomic mass is 10.2. The third kappa shape index (κ3) is 2.50. The third-order valence-corrected chi connectivity index (χ3v) is 5.42. The van der Waals surface area contributed by atoms with Gasteiger partial charge in [-0.2, -0.15) is 5.10 Å². The molecule has 6 nitrogen and oxygen atoms in total. The van der Waals surface area contributed by atoms with Crippen molar-refractivity contribution in [1.29, 1.82) is 0 Å².